The van der Waals surface area contributed by atoms with Crippen LogP contribution in [0, 0.1) is 6.92 Å². The highest BCUT2D eigenvalue weighted by Gasteiger charge is 2.21. The summed E-state index contributed by atoms with van der Waals surface area (Å²) in [4.78, 5) is 4.39. The summed E-state index contributed by atoms with van der Waals surface area (Å²) in [5.41, 5.74) is 2.46. The number of benzene rings is 1. The van der Waals surface area contributed by atoms with E-state index in [0.29, 0.717) is 18.5 Å². The van der Waals surface area contributed by atoms with Crippen LogP contribution in [0.3, 0.4) is 0 Å². The van der Waals surface area contributed by atoms with Crippen molar-refractivity contribution < 1.29 is 0 Å². The molecule has 19 heavy (non-hydrogen) atoms. The van der Waals surface area contributed by atoms with Gasteiger partial charge >= 0.3 is 0 Å². The average molecular weight is 255 g/mol. The minimum atomic E-state index is 0.562. The number of rotatable bonds is 5. The summed E-state index contributed by atoms with van der Waals surface area (Å²) in [5, 5.41) is 14.5. The van der Waals surface area contributed by atoms with Gasteiger partial charge in [-0.15, -0.1) is 5.10 Å². The lowest BCUT2D eigenvalue weighted by molar-refractivity contribution is 0.936. The number of nitrogens with zero attached hydrogens (tertiary/aromatic N) is 3. The Hall–Kier alpha value is -2.17. The average Bonchev–Trinajstić information content (AvgIpc) is 3.21. The Morgan fingerprint density at radius 1 is 1.32 bits per heavy atom. The first-order valence-corrected chi connectivity index (χ1v) is 6.55. The Kier molecular flexibility index (Phi) is 3.27. The predicted molar refractivity (Wildman–Crippen MR) is 75.0 cm³/mol. The lowest BCUT2D eigenvalue weighted by Gasteiger charge is -2.07. The van der Waals surface area contributed by atoms with Gasteiger partial charge in [-0.1, -0.05) is 29.8 Å². The van der Waals surface area contributed by atoms with Gasteiger partial charge in [0.2, 0.25) is 5.95 Å². The van der Waals surface area contributed by atoms with E-state index in [1.54, 1.807) is 6.20 Å². The zero-order valence-electron chi connectivity index (χ0n) is 10.9. The number of aromatic nitrogens is 3. The van der Waals surface area contributed by atoms with Crippen molar-refractivity contribution in [2.45, 2.75) is 32.4 Å². The largest absolute Gasteiger partial charge is 0.366 e. The fourth-order valence-corrected chi connectivity index (χ4v) is 1.89. The quantitative estimate of drug-likeness (QED) is 0.858. The highest BCUT2D eigenvalue weighted by atomic mass is 15.3. The van der Waals surface area contributed by atoms with E-state index >= 15 is 0 Å². The van der Waals surface area contributed by atoms with Gasteiger partial charge in [0.15, 0.2) is 5.82 Å². The second-order valence-electron chi connectivity index (χ2n) is 4.93. The van der Waals surface area contributed by atoms with Crippen molar-refractivity contribution in [3.05, 3.63) is 41.6 Å². The monoisotopic (exact) mass is 255 g/mol. The maximum atomic E-state index is 4.39. The molecule has 98 valence electrons. The minimum absolute atomic E-state index is 0.562. The maximum Gasteiger partial charge on any atom is 0.244 e. The Labute approximate surface area is 112 Å². The Morgan fingerprint density at radius 3 is 3.00 bits per heavy atom. The van der Waals surface area contributed by atoms with Crippen molar-refractivity contribution in [2.75, 3.05) is 10.6 Å². The predicted octanol–water partition coefficient (Wildman–Crippen LogP) is 2.37. The molecule has 0 saturated heterocycles. The van der Waals surface area contributed by atoms with Crippen LogP contribution in [0.2, 0.25) is 0 Å². The first-order chi connectivity index (χ1) is 9.29. The zero-order valence-corrected chi connectivity index (χ0v) is 10.9. The van der Waals surface area contributed by atoms with Crippen LogP contribution in [0.4, 0.5) is 11.8 Å². The van der Waals surface area contributed by atoms with Crippen molar-refractivity contribution in [2.24, 2.45) is 0 Å². The van der Waals surface area contributed by atoms with Crippen molar-refractivity contribution >= 4 is 11.8 Å². The topological polar surface area (TPSA) is 62.7 Å². The van der Waals surface area contributed by atoms with Crippen LogP contribution >= 0.6 is 0 Å². The molecular formula is C14H17N5. The number of nitrogens with one attached hydrogen (secondary N) is 2. The van der Waals surface area contributed by atoms with Crippen LogP contribution < -0.4 is 10.6 Å². The van der Waals surface area contributed by atoms with E-state index in [9.17, 15) is 0 Å². The molecule has 0 spiro atoms. The van der Waals surface area contributed by atoms with Crippen LogP contribution in [0.1, 0.15) is 24.0 Å². The van der Waals surface area contributed by atoms with Crippen LogP contribution in [0.15, 0.2) is 30.5 Å². The molecule has 5 heteroatoms. The summed E-state index contributed by atoms with van der Waals surface area (Å²) in [5.74, 6) is 1.36. The molecular weight excluding hydrogens is 238 g/mol. The molecule has 5 nitrogen and oxygen atoms in total. The molecule has 0 atom stereocenters. The Morgan fingerprint density at radius 2 is 2.21 bits per heavy atom. The third kappa shape index (κ3) is 3.40. The van der Waals surface area contributed by atoms with E-state index in [1.807, 2.05) is 0 Å². The van der Waals surface area contributed by atoms with Crippen LogP contribution in [-0.4, -0.2) is 21.2 Å². The number of hydrogen-bond acceptors (Lipinski definition) is 5. The van der Waals surface area contributed by atoms with Crippen LogP contribution in [-0.2, 0) is 6.54 Å². The molecule has 1 aliphatic carbocycles. The standard InChI is InChI=1S/C14H17N5/c1-10-3-2-4-11(7-10)8-15-14-18-13(9-16-19-14)17-12-5-6-12/h2-4,7,9,12H,5-6,8H2,1H3,(H2,15,17,18,19). The summed E-state index contributed by atoms with van der Waals surface area (Å²) >= 11 is 0. The molecule has 1 heterocycles. The molecule has 2 aromatic rings. The number of aryl methyl sites for hydroxylation is 1. The van der Waals surface area contributed by atoms with Crippen molar-refractivity contribution in [3.63, 3.8) is 0 Å². The summed E-state index contributed by atoms with van der Waals surface area (Å²) in [7, 11) is 0. The summed E-state index contributed by atoms with van der Waals surface area (Å²) in [6.45, 7) is 2.79. The molecule has 3 rings (SSSR count). The van der Waals surface area contributed by atoms with Gasteiger partial charge in [0.25, 0.3) is 0 Å². The minimum Gasteiger partial charge on any atom is -0.366 e. The van der Waals surface area contributed by atoms with Gasteiger partial charge in [0, 0.05) is 12.6 Å². The molecule has 0 bridgehead atoms. The third-order valence-electron chi connectivity index (χ3n) is 3.02. The lowest BCUT2D eigenvalue weighted by Crippen LogP contribution is -2.09. The SMILES string of the molecule is Cc1cccc(CNc2nncc(NC3CC3)n2)c1. The lowest BCUT2D eigenvalue weighted by atomic mass is 10.1. The molecule has 0 radical (unpaired) electrons. The second-order valence-corrected chi connectivity index (χ2v) is 4.93. The van der Waals surface area contributed by atoms with E-state index in [0.717, 1.165) is 5.82 Å². The molecule has 0 amide bonds. The van der Waals surface area contributed by atoms with Gasteiger partial charge in [0.05, 0.1) is 6.20 Å². The van der Waals surface area contributed by atoms with Gasteiger partial charge in [-0.3, -0.25) is 0 Å². The molecule has 1 fully saturated rings. The van der Waals surface area contributed by atoms with Gasteiger partial charge < -0.3 is 10.6 Å². The number of anilines is 2. The normalized spacial score (nSPS) is 14.2. The zero-order chi connectivity index (χ0) is 13.1. The summed E-state index contributed by atoms with van der Waals surface area (Å²) in [6, 6.07) is 8.94. The van der Waals surface area contributed by atoms with Crippen molar-refractivity contribution in [1.29, 1.82) is 0 Å². The molecule has 2 N–H and O–H groups in total. The van der Waals surface area contributed by atoms with E-state index in [-0.39, 0.29) is 0 Å². The first kappa shape index (κ1) is 11.9. The highest BCUT2D eigenvalue weighted by Crippen LogP contribution is 2.23. The van der Waals surface area contributed by atoms with Gasteiger partial charge in [0.1, 0.15) is 0 Å². The molecule has 1 aliphatic rings. The fraction of sp³-hybridized carbons (Fsp3) is 0.357. The smallest absolute Gasteiger partial charge is 0.244 e. The van der Waals surface area contributed by atoms with E-state index in [1.165, 1.54) is 24.0 Å². The van der Waals surface area contributed by atoms with Crippen molar-refractivity contribution in [3.8, 4) is 0 Å². The molecule has 0 unspecified atom stereocenters. The van der Waals surface area contributed by atoms with E-state index in [2.05, 4.69) is 57.0 Å². The second kappa shape index (κ2) is 5.22. The molecule has 1 aromatic heterocycles. The summed E-state index contributed by atoms with van der Waals surface area (Å²) < 4.78 is 0. The molecule has 0 aliphatic heterocycles. The third-order valence-corrected chi connectivity index (χ3v) is 3.02. The highest BCUT2D eigenvalue weighted by molar-refractivity contribution is 5.39. The fourth-order valence-electron chi connectivity index (χ4n) is 1.89. The summed E-state index contributed by atoms with van der Waals surface area (Å²) in [6.07, 6.45) is 4.10. The van der Waals surface area contributed by atoms with Crippen LogP contribution in [0.25, 0.3) is 0 Å². The molecule has 1 saturated carbocycles. The van der Waals surface area contributed by atoms with Gasteiger partial charge in [-0.25, -0.2) is 0 Å². The van der Waals surface area contributed by atoms with E-state index in [4.69, 9.17) is 0 Å². The molecule has 1 aromatic carbocycles. The first-order valence-electron chi connectivity index (χ1n) is 6.55. The van der Waals surface area contributed by atoms with E-state index < -0.39 is 0 Å². The van der Waals surface area contributed by atoms with Crippen molar-refractivity contribution in [1.82, 2.24) is 15.2 Å². The Balaban J connectivity index is 1.62. The van der Waals surface area contributed by atoms with Gasteiger partial charge in [-0.05, 0) is 25.3 Å². The number of hydrogen-bond donors (Lipinski definition) is 2. The van der Waals surface area contributed by atoms with Crippen LogP contribution in [0.5, 0.6) is 0 Å². The Bertz CT molecular complexity index is 565. The maximum absolute atomic E-state index is 4.39. The van der Waals surface area contributed by atoms with Gasteiger partial charge in [-0.2, -0.15) is 10.1 Å².